The summed E-state index contributed by atoms with van der Waals surface area (Å²) in [6.07, 6.45) is 9.20. The van der Waals surface area contributed by atoms with Crippen LogP contribution in [-0.4, -0.2) is 75.6 Å². The van der Waals surface area contributed by atoms with Crippen molar-refractivity contribution in [2.45, 2.75) is 25.7 Å². The van der Waals surface area contributed by atoms with Gasteiger partial charge in [0.25, 0.3) is 0 Å². The molecule has 0 bridgehead atoms. The first kappa shape index (κ1) is 21.9. The Labute approximate surface area is 194 Å². The van der Waals surface area contributed by atoms with Crippen LogP contribution < -0.4 is 5.32 Å². The minimum absolute atomic E-state index is 0.0529. The van der Waals surface area contributed by atoms with Crippen LogP contribution in [-0.2, 0) is 4.79 Å². The highest BCUT2D eigenvalue weighted by Gasteiger charge is 2.28. The van der Waals surface area contributed by atoms with E-state index >= 15 is 0 Å². The largest absolute Gasteiger partial charge is 0.309 e. The van der Waals surface area contributed by atoms with Gasteiger partial charge in [0.1, 0.15) is 0 Å². The van der Waals surface area contributed by atoms with Gasteiger partial charge in [-0.2, -0.15) is 0 Å². The fourth-order valence-corrected chi connectivity index (χ4v) is 4.94. The average Bonchev–Trinajstić information content (AvgIpc) is 2.86. The minimum atomic E-state index is 0.0529. The van der Waals surface area contributed by atoms with Gasteiger partial charge in [0.05, 0.1) is 17.4 Å². The normalized spacial score (nSPS) is 22.3. The van der Waals surface area contributed by atoms with Gasteiger partial charge in [-0.05, 0) is 56.8 Å². The molecule has 3 aromatic rings. The molecule has 8 heteroatoms. The van der Waals surface area contributed by atoms with Gasteiger partial charge in [0.2, 0.25) is 5.91 Å². The SMILES string of the molecule is CN1CCN(CC2CCC(C(=O)Nc3cc4cc(-c5cnccn5)ccc4nn3)CC2)CC1. The summed E-state index contributed by atoms with van der Waals surface area (Å²) in [5.74, 6) is 1.32. The summed E-state index contributed by atoms with van der Waals surface area (Å²) in [5, 5.41) is 12.4. The second-order valence-electron chi connectivity index (χ2n) is 9.40. The number of hydrogen-bond acceptors (Lipinski definition) is 7. The molecule has 1 amide bonds. The van der Waals surface area contributed by atoms with E-state index in [-0.39, 0.29) is 11.8 Å². The molecule has 1 aliphatic heterocycles. The Morgan fingerprint density at radius 1 is 1.03 bits per heavy atom. The van der Waals surface area contributed by atoms with E-state index in [4.69, 9.17) is 0 Å². The number of hydrogen-bond donors (Lipinski definition) is 1. The Morgan fingerprint density at radius 2 is 1.85 bits per heavy atom. The van der Waals surface area contributed by atoms with E-state index in [9.17, 15) is 4.79 Å². The number of likely N-dealkylation sites (N-methyl/N-ethyl adjacent to an activating group) is 1. The van der Waals surface area contributed by atoms with Gasteiger partial charge in [0.15, 0.2) is 5.82 Å². The monoisotopic (exact) mass is 445 g/mol. The number of aromatic nitrogens is 4. The van der Waals surface area contributed by atoms with Crippen LogP contribution in [0.5, 0.6) is 0 Å². The fourth-order valence-electron chi connectivity index (χ4n) is 4.94. The molecule has 3 heterocycles. The number of piperazine rings is 1. The molecular weight excluding hydrogens is 414 g/mol. The molecule has 0 atom stereocenters. The Morgan fingerprint density at radius 3 is 2.61 bits per heavy atom. The zero-order chi connectivity index (χ0) is 22.6. The summed E-state index contributed by atoms with van der Waals surface area (Å²) in [7, 11) is 2.19. The molecule has 2 aromatic heterocycles. The molecule has 1 aromatic carbocycles. The maximum atomic E-state index is 12.9. The number of carbonyl (C=O) groups excluding carboxylic acids is 1. The Kier molecular flexibility index (Phi) is 6.55. The van der Waals surface area contributed by atoms with Gasteiger partial charge in [-0.3, -0.25) is 14.8 Å². The number of anilines is 1. The van der Waals surface area contributed by atoms with Crippen LogP contribution in [0, 0.1) is 11.8 Å². The maximum Gasteiger partial charge on any atom is 0.228 e. The van der Waals surface area contributed by atoms with Crippen molar-refractivity contribution in [1.82, 2.24) is 30.0 Å². The smallest absolute Gasteiger partial charge is 0.228 e. The number of amides is 1. The molecule has 33 heavy (non-hydrogen) atoms. The average molecular weight is 446 g/mol. The second-order valence-corrected chi connectivity index (χ2v) is 9.40. The van der Waals surface area contributed by atoms with Crippen molar-refractivity contribution in [2.24, 2.45) is 11.8 Å². The number of carbonyl (C=O) groups is 1. The topological polar surface area (TPSA) is 87.1 Å². The summed E-state index contributed by atoms with van der Waals surface area (Å²) >= 11 is 0. The Bertz CT molecular complexity index is 1090. The summed E-state index contributed by atoms with van der Waals surface area (Å²) in [6, 6.07) is 7.77. The Balaban J connectivity index is 1.18. The molecule has 0 unspecified atom stereocenters. The van der Waals surface area contributed by atoms with Gasteiger partial charge in [-0.1, -0.05) is 6.07 Å². The molecule has 0 spiro atoms. The molecule has 1 N–H and O–H groups in total. The molecule has 1 aliphatic carbocycles. The van der Waals surface area contributed by atoms with Gasteiger partial charge >= 0.3 is 0 Å². The van der Waals surface area contributed by atoms with Crippen molar-refractivity contribution in [1.29, 1.82) is 0 Å². The van der Waals surface area contributed by atoms with E-state index in [2.05, 4.69) is 42.3 Å². The standard InChI is InChI=1S/C25H31N7O/c1-31-10-12-32(13-11-31)17-18-2-4-19(5-3-18)25(33)28-24-15-21-14-20(6-7-22(21)29-30-24)23-16-26-8-9-27-23/h6-9,14-16,18-19H,2-5,10-13,17H2,1H3,(H,28,30,33). The molecule has 2 fully saturated rings. The van der Waals surface area contributed by atoms with Crippen LogP contribution in [0.25, 0.3) is 22.2 Å². The predicted molar refractivity (Wildman–Crippen MR) is 129 cm³/mol. The highest BCUT2D eigenvalue weighted by molar-refractivity contribution is 5.94. The summed E-state index contributed by atoms with van der Waals surface area (Å²) in [6.45, 7) is 5.81. The van der Waals surface area contributed by atoms with Crippen molar-refractivity contribution in [3.05, 3.63) is 42.9 Å². The number of rotatable bonds is 5. The summed E-state index contributed by atoms with van der Waals surface area (Å²) < 4.78 is 0. The first-order valence-electron chi connectivity index (χ1n) is 11.9. The number of nitrogens with zero attached hydrogens (tertiary/aromatic N) is 6. The van der Waals surface area contributed by atoms with Crippen molar-refractivity contribution < 1.29 is 4.79 Å². The highest BCUT2D eigenvalue weighted by Crippen LogP contribution is 2.30. The van der Waals surface area contributed by atoms with E-state index in [1.54, 1.807) is 18.6 Å². The fraction of sp³-hybridized carbons (Fsp3) is 0.480. The third-order valence-electron chi connectivity index (χ3n) is 7.03. The van der Waals surface area contributed by atoms with E-state index in [0.29, 0.717) is 11.7 Å². The van der Waals surface area contributed by atoms with Crippen molar-refractivity contribution in [3.63, 3.8) is 0 Å². The number of fused-ring (bicyclic) bond motifs is 1. The zero-order valence-corrected chi connectivity index (χ0v) is 19.2. The molecule has 172 valence electrons. The first-order valence-corrected chi connectivity index (χ1v) is 11.9. The van der Waals surface area contributed by atoms with Gasteiger partial charge < -0.3 is 15.1 Å². The lowest BCUT2D eigenvalue weighted by Gasteiger charge is -2.36. The molecule has 8 nitrogen and oxygen atoms in total. The molecule has 2 aliphatic rings. The molecule has 1 saturated carbocycles. The number of nitrogens with one attached hydrogen (secondary N) is 1. The summed E-state index contributed by atoms with van der Waals surface area (Å²) in [4.78, 5) is 26.4. The van der Waals surface area contributed by atoms with Gasteiger partial charge in [-0.25, -0.2) is 0 Å². The van der Waals surface area contributed by atoms with Crippen molar-refractivity contribution in [2.75, 3.05) is 45.1 Å². The quantitative estimate of drug-likeness (QED) is 0.646. The van der Waals surface area contributed by atoms with E-state index in [0.717, 1.165) is 74.0 Å². The van der Waals surface area contributed by atoms with Crippen LogP contribution in [0.15, 0.2) is 42.9 Å². The van der Waals surface area contributed by atoms with Gasteiger partial charge in [-0.15, -0.1) is 10.2 Å². The zero-order valence-electron chi connectivity index (χ0n) is 19.2. The van der Waals surface area contributed by atoms with Crippen LogP contribution in [0.1, 0.15) is 25.7 Å². The molecule has 5 rings (SSSR count). The van der Waals surface area contributed by atoms with Gasteiger partial charge in [0, 0.05) is 62.0 Å². The minimum Gasteiger partial charge on any atom is -0.309 e. The van der Waals surface area contributed by atoms with E-state index in [1.165, 1.54) is 6.54 Å². The first-order chi connectivity index (χ1) is 16.1. The van der Waals surface area contributed by atoms with Crippen LogP contribution in [0.3, 0.4) is 0 Å². The molecule has 0 radical (unpaired) electrons. The molecular formula is C25H31N7O. The van der Waals surface area contributed by atoms with Crippen LogP contribution in [0.4, 0.5) is 5.82 Å². The second kappa shape index (κ2) is 9.89. The molecule has 1 saturated heterocycles. The van der Waals surface area contributed by atoms with Crippen LogP contribution >= 0.6 is 0 Å². The maximum absolute atomic E-state index is 12.9. The van der Waals surface area contributed by atoms with Crippen molar-refractivity contribution in [3.8, 4) is 11.3 Å². The lowest BCUT2D eigenvalue weighted by molar-refractivity contribution is -0.121. The lowest BCUT2D eigenvalue weighted by Crippen LogP contribution is -2.46. The third-order valence-corrected chi connectivity index (χ3v) is 7.03. The summed E-state index contributed by atoms with van der Waals surface area (Å²) in [5.41, 5.74) is 2.54. The highest BCUT2D eigenvalue weighted by atomic mass is 16.1. The van der Waals surface area contributed by atoms with Crippen LogP contribution in [0.2, 0.25) is 0 Å². The lowest BCUT2D eigenvalue weighted by atomic mass is 9.81. The Hall–Kier alpha value is -2.97. The third kappa shape index (κ3) is 5.34. The van der Waals surface area contributed by atoms with Crippen molar-refractivity contribution >= 4 is 22.6 Å². The number of benzene rings is 1. The van der Waals surface area contributed by atoms with E-state index < -0.39 is 0 Å². The van der Waals surface area contributed by atoms with E-state index in [1.807, 2.05) is 24.3 Å². The predicted octanol–water partition coefficient (Wildman–Crippen LogP) is 3.08.